The van der Waals surface area contributed by atoms with Crippen molar-refractivity contribution in [2.75, 3.05) is 0 Å². The van der Waals surface area contributed by atoms with Gasteiger partial charge in [0, 0.05) is 6.07 Å². The van der Waals surface area contributed by atoms with Crippen molar-refractivity contribution >= 4 is 43.8 Å². The lowest BCUT2D eigenvalue weighted by molar-refractivity contribution is 0.533. The highest BCUT2D eigenvalue weighted by Gasteiger charge is 2.02. The summed E-state index contributed by atoms with van der Waals surface area (Å²) < 4.78 is 6.92. The zero-order valence-electron chi connectivity index (χ0n) is 7.65. The maximum Gasteiger partial charge on any atom is 0.184 e. The summed E-state index contributed by atoms with van der Waals surface area (Å²) in [6.07, 6.45) is 1.69. The van der Waals surface area contributed by atoms with E-state index in [0.717, 1.165) is 10.2 Å². The van der Waals surface area contributed by atoms with Crippen molar-refractivity contribution in [2.24, 2.45) is 4.99 Å². The lowest BCUT2D eigenvalue weighted by Gasteiger charge is -1.89. The molecule has 2 rings (SSSR count). The molecular weight excluding hydrogens is 322 g/mol. The van der Waals surface area contributed by atoms with Gasteiger partial charge in [0.1, 0.15) is 5.76 Å². The third-order valence-corrected chi connectivity index (χ3v) is 3.47. The zero-order chi connectivity index (χ0) is 10.7. The van der Waals surface area contributed by atoms with Crippen LogP contribution >= 0.6 is 31.9 Å². The molecule has 15 heavy (non-hydrogen) atoms. The Morgan fingerprint density at radius 1 is 1.13 bits per heavy atom. The van der Waals surface area contributed by atoms with Gasteiger partial charge in [-0.25, -0.2) is 0 Å². The van der Waals surface area contributed by atoms with Crippen molar-refractivity contribution in [3.63, 3.8) is 0 Å². The van der Waals surface area contributed by atoms with Crippen LogP contribution in [0.5, 0.6) is 0 Å². The number of furan rings is 1. The fraction of sp³-hybridized carbons (Fsp3) is 0. The van der Waals surface area contributed by atoms with Crippen LogP contribution in [0.25, 0.3) is 0 Å². The molecule has 0 saturated carbocycles. The molecule has 0 unspecified atom stereocenters. The first-order valence-corrected chi connectivity index (χ1v) is 5.88. The Morgan fingerprint density at radius 2 is 1.87 bits per heavy atom. The first-order valence-electron chi connectivity index (χ1n) is 4.29. The van der Waals surface area contributed by atoms with E-state index in [1.807, 2.05) is 36.4 Å². The van der Waals surface area contributed by atoms with Crippen molar-refractivity contribution < 1.29 is 4.42 Å². The molecule has 0 aliphatic carbocycles. The van der Waals surface area contributed by atoms with Crippen LogP contribution in [0.4, 0.5) is 5.69 Å². The summed E-state index contributed by atoms with van der Waals surface area (Å²) >= 11 is 6.61. The van der Waals surface area contributed by atoms with Gasteiger partial charge < -0.3 is 4.42 Å². The Hall–Kier alpha value is -0.870. The quantitative estimate of drug-likeness (QED) is 0.742. The summed E-state index contributed by atoms with van der Waals surface area (Å²) in [5.74, 6) is 0.706. The normalized spacial score (nSPS) is 11.1. The average molecular weight is 329 g/mol. The molecule has 0 atom stereocenters. The first kappa shape index (κ1) is 10.6. The molecule has 0 aliphatic rings. The van der Waals surface area contributed by atoms with E-state index in [4.69, 9.17) is 4.42 Å². The van der Waals surface area contributed by atoms with E-state index in [0.29, 0.717) is 10.4 Å². The van der Waals surface area contributed by atoms with Crippen LogP contribution in [-0.2, 0) is 0 Å². The van der Waals surface area contributed by atoms with Crippen LogP contribution in [0.2, 0.25) is 0 Å². The number of aliphatic imine (C=N–C) groups is 1. The second-order valence-corrected chi connectivity index (χ2v) is 4.44. The molecule has 2 aromatic rings. The van der Waals surface area contributed by atoms with Gasteiger partial charge in [0.05, 0.1) is 16.4 Å². The van der Waals surface area contributed by atoms with Gasteiger partial charge >= 0.3 is 0 Å². The van der Waals surface area contributed by atoms with Gasteiger partial charge in [-0.05, 0) is 44.0 Å². The van der Waals surface area contributed by atoms with E-state index >= 15 is 0 Å². The number of hydrogen-bond acceptors (Lipinski definition) is 2. The Labute approximate surface area is 104 Å². The number of benzene rings is 1. The fourth-order valence-electron chi connectivity index (χ4n) is 1.08. The van der Waals surface area contributed by atoms with Gasteiger partial charge in [0.2, 0.25) is 0 Å². The SMILES string of the molecule is Brc1cc(C=Nc2ccccc2)oc1Br. The Balaban J connectivity index is 2.19. The zero-order valence-corrected chi connectivity index (χ0v) is 10.8. The van der Waals surface area contributed by atoms with E-state index in [2.05, 4.69) is 36.9 Å². The summed E-state index contributed by atoms with van der Waals surface area (Å²) in [6.45, 7) is 0. The van der Waals surface area contributed by atoms with Gasteiger partial charge in [-0.3, -0.25) is 4.99 Å². The summed E-state index contributed by atoms with van der Waals surface area (Å²) in [7, 11) is 0. The largest absolute Gasteiger partial charge is 0.447 e. The molecule has 0 bridgehead atoms. The molecule has 1 heterocycles. The van der Waals surface area contributed by atoms with Crippen LogP contribution in [0.3, 0.4) is 0 Å². The summed E-state index contributed by atoms with van der Waals surface area (Å²) in [5.41, 5.74) is 0.904. The van der Waals surface area contributed by atoms with Gasteiger partial charge in [0.25, 0.3) is 0 Å². The van der Waals surface area contributed by atoms with Crippen LogP contribution < -0.4 is 0 Å². The Bertz CT molecular complexity index is 457. The average Bonchev–Trinajstić information content (AvgIpc) is 2.57. The molecule has 0 spiro atoms. The first-order chi connectivity index (χ1) is 7.25. The van der Waals surface area contributed by atoms with E-state index in [-0.39, 0.29) is 0 Å². The van der Waals surface area contributed by atoms with Crippen LogP contribution in [-0.4, -0.2) is 6.21 Å². The summed E-state index contributed by atoms with van der Waals surface area (Å²) in [5, 5.41) is 0. The lowest BCUT2D eigenvalue weighted by atomic mass is 10.3. The van der Waals surface area contributed by atoms with Crippen molar-refractivity contribution in [3.05, 3.63) is 51.3 Å². The lowest BCUT2D eigenvalue weighted by Crippen LogP contribution is -1.72. The summed E-state index contributed by atoms with van der Waals surface area (Å²) in [6, 6.07) is 11.6. The highest BCUT2D eigenvalue weighted by atomic mass is 79.9. The van der Waals surface area contributed by atoms with Gasteiger partial charge in [0.15, 0.2) is 4.67 Å². The smallest absolute Gasteiger partial charge is 0.184 e. The van der Waals surface area contributed by atoms with Crippen molar-refractivity contribution in [1.82, 2.24) is 0 Å². The van der Waals surface area contributed by atoms with Crippen LogP contribution in [0, 0.1) is 0 Å². The van der Waals surface area contributed by atoms with Crippen LogP contribution in [0.1, 0.15) is 5.76 Å². The third-order valence-electron chi connectivity index (χ3n) is 1.76. The maximum atomic E-state index is 5.36. The van der Waals surface area contributed by atoms with Crippen LogP contribution in [0.15, 0.2) is 54.9 Å². The minimum absolute atomic E-state index is 0.678. The number of halogens is 2. The minimum atomic E-state index is 0.678. The molecule has 4 heteroatoms. The number of para-hydroxylation sites is 1. The maximum absolute atomic E-state index is 5.36. The predicted octanol–water partition coefficient (Wildman–Crippen LogP) is 4.56. The van der Waals surface area contributed by atoms with E-state index in [1.165, 1.54) is 0 Å². The molecule has 0 fully saturated rings. The highest BCUT2D eigenvalue weighted by Crippen LogP contribution is 2.26. The molecule has 0 N–H and O–H groups in total. The van der Waals surface area contributed by atoms with E-state index in [9.17, 15) is 0 Å². The molecule has 76 valence electrons. The second kappa shape index (κ2) is 4.77. The van der Waals surface area contributed by atoms with Crippen molar-refractivity contribution in [2.45, 2.75) is 0 Å². The van der Waals surface area contributed by atoms with E-state index < -0.39 is 0 Å². The number of hydrogen-bond donors (Lipinski definition) is 0. The second-order valence-electron chi connectivity index (χ2n) is 2.86. The predicted molar refractivity (Wildman–Crippen MR) is 67.8 cm³/mol. The van der Waals surface area contributed by atoms with Crippen molar-refractivity contribution in [1.29, 1.82) is 0 Å². The fourth-order valence-corrected chi connectivity index (χ4v) is 1.69. The molecule has 0 saturated heterocycles. The van der Waals surface area contributed by atoms with E-state index in [1.54, 1.807) is 6.21 Å². The van der Waals surface area contributed by atoms with Gasteiger partial charge in [-0.15, -0.1) is 0 Å². The molecule has 0 radical (unpaired) electrons. The Morgan fingerprint density at radius 3 is 2.47 bits per heavy atom. The third kappa shape index (κ3) is 2.79. The molecule has 1 aromatic heterocycles. The molecule has 0 aliphatic heterocycles. The minimum Gasteiger partial charge on any atom is -0.447 e. The topological polar surface area (TPSA) is 25.5 Å². The highest BCUT2D eigenvalue weighted by molar-refractivity contribution is 9.13. The summed E-state index contributed by atoms with van der Waals surface area (Å²) in [4.78, 5) is 4.27. The Kier molecular flexibility index (Phi) is 3.38. The molecule has 1 aromatic carbocycles. The monoisotopic (exact) mass is 327 g/mol. The number of rotatable bonds is 2. The van der Waals surface area contributed by atoms with Gasteiger partial charge in [-0.1, -0.05) is 18.2 Å². The standard InChI is InChI=1S/C11H7Br2NO/c12-10-6-9(15-11(10)13)7-14-8-4-2-1-3-5-8/h1-7H. The molecular formula is C11H7Br2NO. The van der Waals surface area contributed by atoms with Gasteiger partial charge in [-0.2, -0.15) is 0 Å². The molecule has 0 amide bonds. The molecule has 2 nitrogen and oxygen atoms in total. The number of nitrogens with zero attached hydrogens (tertiary/aromatic N) is 1. The van der Waals surface area contributed by atoms with Crippen molar-refractivity contribution in [3.8, 4) is 0 Å².